The molecule has 1 radical (unpaired) electrons. The minimum absolute atomic E-state index is 0. The van der Waals surface area contributed by atoms with Crippen LogP contribution in [0.5, 0.6) is 0 Å². The summed E-state index contributed by atoms with van der Waals surface area (Å²) in [5, 5.41) is 0. The van der Waals surface area contributed by atoms with Gasteiger partial charge in [-0.25, -0.2) is 0 Å². The van der Waals surface area contributed by atoms with E-state index in [9.17, 15) is 0 Å². The fourth-order valence-electron chi connectivity index (χ4n) is 0.136. The predicted molar refractivity (Wildman–Crippen MR) is 25.0 cm³/mol. The van der Waals surface area contributed by atoms with Crippen molar-refractivity contribution in [2.24, 2.45) is 0 Å². The zero-order valence-electron chi connectivity index (χ0n) is 3.77. The number of hydrogen-bond donors (Lipinski definition) is 0. The number of rotatable bonds is 1. The third kappa shape index (κ3) is 9.01. The summed E-state index contributed by atoms with van der Waals surface area (Å²) in [7, 11) is 0. The third-order valence-corrected chi connectivity index (χ3v) is 0.329. The summed E-state index contributed by atoms with van der Waals surface area (Å²) in [6.45, 7) is 5.42. The fourth-order valence-corrected chi connectivity index (χ4v) is 0.136. The quantitative estimate of drug-likeness (QED) is 0.470. The molecule has 6 heavy (non-hydrogen) atoms. The van der Waals surface area contributed by atoms with Gasteiger partial charge in [-0.15, -0.1) is 0 Å². The molecule has 0 fully saturated rings. The monoisotopic (exact) mass is 127 g/mol. The molecule has 0 N–H and O–H groups in total. The first-order valence-electron chi connectivity index (χ1n) is 1.65. The molecule has 0 amide bonds. The topological polar surface area (TPSA) is 0 Å². The largest absolute Gasteiger partial charge is 0.0991 e. The summed E-state index contributed by atoms with van der Waals surface area (Å²) in [5.41, 5.74) is 0. The van der Waals surface area contributed by atoms with E-state index >= 15 is 0 Å². The van der Waals surface area contributed by atoms with Crippen LogP contribution >= 0.6 is 0 Å². The van der Waals surface area contributed by atoms with Crippen LogP contribution in [-0.2, 0) is 16.8 Å². The molecular weight excluding hydrogens is 119 g/mol. The van der Waals surface area contributed by atoms with E-state index in [2.05, 4.69) is 6.58 Å². The summed E-state index contributed by atoms with van der Waals surface area (Å²) in [5.74, 6) is 0. The van der Waals surface area contributed by atoms with Gasteiger partial charge in [0.1, 0.15) is 0 Å². The van der Waals surface area contributed by atoms with Crippen molar-refractivity contribution in [2.75, 3.05) is 0 Å². The van der Waals surface area contributed by atoms with Gasteiger partial charge in [0.05, 0.1) is 0 Å². The maximum absolute atomic E-state index is 3.46. The Morgan fingerprint density at radius 1 is 1.50 bits per heavy atom. The minimum Gasteiger partial charge on any atom is -0.0991 e. The molecule has 0 aromatic heterocycles. The van der Waals surface area contributed by atoms with Crippen molar-refractivity contribution < 1.29 is 16.8 Å². The van der Waals surface area contributed by atoms with E-state index in [1.807, 2.05) is 19.1 Å². The molecule has 37 valence electrons. The number of hydrogen-bond acceptors (Lipinski definition) is 0. The molecule has 0 aromatic rings. The SMILES string of the molecule is C=C/C=C/C.[Co]. The predicted octanol–water partition coefficient (Wildman–Crippen LogP) is 1.75. The summed E-state index contributed by atoms with van der Waals surface area (Å²) < 4.78 is 0. The molecule has 0 aromatic carbocycles. The standard InChI is InChI=1S/C5H8.Co/c1-3-5-4-2;/h3-5H,1H2,2H3;/b5-4+;. The van der Waals surface area contributed by atoms with Gasteiger partial charge in [-0.3, -0.25) is 0 Å². The molecule has 0 aliphatic rings. The van der Waals surface area contributed by atoms with Crippen molar-refractivity contribution in [1.29, 1.82) is 0 Å². The first kappa shape index (κ1) is 9.37. The van der Waals surface area contributed by atoms with Gasteiger partial charge < -0.3 is 0 Å². The molecule has 0 spiro atoms. The van der Waals surface area contributed by atoms with E-state index in [0.29, 0.717) is 0 Å². The Kier molecular flexibility index (Phi) is 13.9. The van der Waals surface area contributed by atoms with Crippen molar-refractivity contribution in [1.82, 2.24) is 0 Å². The molecule has 0 aliphatic heterocycles. The van der Waals surface area contributed by atoms with E-state index in [1.54, 1.807) is 6.08 Å². The molecule has 0 aliphatic carbocycles. The smallest absolute Gasteiger partial charge is 0 e. The molecule has 0 saturated heterocycles. The van der Waals surface area contributed by atoms with Gasteiger partial charge in [-0.05, 0) is 6.92 Å². The molecule has 0 unspecified atom stereocenters. The Morgan fingerprint density at radius 2 is 2.00 bits per heavy atom. The molecule has 0 rings (SSSR count). The first-order chi connectivity index (χ1) is 2.41. The average Bonchev–Trinajstić information content (AvgIpc) is 1.41. The Bertz CT molecular complexity index is 45.9. The van der Waals surface area contributed by atoms with Crippen LogP contribution in [0, 0.1) is 0 Å². The van der Waals surface area contributed by atoms with Crippen LogP contribution in [-0.4, -0.2) is 0 Å². The summed E-state index contributed by atoms with van der Waals surface area (Å²) in [4.78, 5) is 0. The maximum atomic E-state index is 3.46. The molecule has 0 bridgehead atoms. The zero-order valence-corrected chi connectivity index (χ0v) is 4.81. The van der Waals surface area contributed by atoms with Crippen LogP contribution < -0.4 is 0 Å². The normalized spacial score (nSPS) is 7.50. The van der Waals surface area contributed by atoms with E-state index in [1.165, 1.54) is 0 Å². The van der Waals surface area contributed by atoms with Crippen molar-refractivity contribution in [3.05, 3.63) is 24.8 Å². The van der Waals surface area contributed by atoms with Crippen molar-refractivity contribution >= 4 is 0 Å². The Hall–Kier alpha value is -0.0135. The zero-order chi connectivity index (χ0) is 4.12. The van der Waals surface area contributed by atoms with Crippen LogP contribution in [0.4, 0.5) is 0 Å². The van der Waals surface area contributed by atoms with Crippen LogP contribution in [0.1, 0.15) is 6.92 Å². The molecule has 0 nitrogen and oxygen atoms in total. The van der Waals surface area contributed by atoms with E-state index in [-0.39, 0.29) is 16.8 Å². The van der Waals surface area contributed by atoms with E-state index in [0.717, 1.165) is 0 Å². The van der Waals surface area contributed by atoms with Gasteiger partial charge in [-0.1, -0.05) is 24.8 Å². The third-order valence-electron chi connectivity index (χ3n) is 0.329. The Morgan fingerprint density at radius 3 is 2.00 bits per heavy atom. The van der Waals surface area contributed by atoms with E-state index in [4.69, 9.17) is 0 Å². The van der Waals surface area contributed by atoms with E-state index < -0.39 is 0 Å². The van der Waals surface area contributed by atoms with Gasteiger partial charge in [0.15, 0.2) is 0 Å². The Balaban J connectivity index is 0. The minimum atomic E-state index is 0. The Labute approximate surface area is 49.1 Å². The second kappa shape index (κ2) is 8.88. The van der Waals surface area contributed by atoms with Gasteiger partial charge >= 0.3 is 0 Å². The summed E-state index contributed by atoms with van der Waals surface area (Å²) in [6, 6.07) is 0. The molecule has 0 saturated carbocycles. The summed E-state index contributed by atoms with van der Waals surface area (Å²) in [6.07, 6.45) is 5.58. The van der Waals surface area contributed by atoms with Crippen molar-refractivity contribution in [3.63, 3.8) is 0 Å². The van der Waals surface area contributed by atoms with Gasteiger partial charge in [-0.2, -0.15) is 0 Å². The van der Waals surface area contributed by atoms with Crippen LogP contribution in [0.3, 0.4) is 0 Å². The molecule has 0 atom stereocenters. The summed E-state index contributed by atoms with van der Waals surface area (Å²) >= 11 is 0. The van der Waals surface area contributed by atoms with Crippen LogP contribution in [0.15, 0.2) is 24.8 Å². The van der Waals surface area contributed by atoms with Gasteiger partial charge in [0.2, 0.25) is 0 Å². The average molecular weight is 127 g/mol. The van der Waals surface area contributed by atoms with Gasteiger partial charge in [0, 0.05) is 16.8 Å². The number of allylic oxidation sites excluding steroid dienone is 3. The van der Waals surface area contributed by atoms with Crippen molar-refractivity contribution in [2.45, 2.75) is 6.92 Å². The van der Waals surface area contributed by atoms with Crippen LogP contribution in [0.25, 0.3) is 0 Å². The maximum Gasteiger partial charge on any atom is 0 e. The molecular formula is C5H8Co. The molecule has 0 heterocycles. The van der Waals surface area contributed by atoms with Crippen LogP contribution in [0.2, 0.25) is 0 Å². The second-order valence-corrected chi connectivity index (χ2v) is 0.761. The van der Waals surface area contributed by atoms with Crippen molar-refractivity contribution in [3.8, 4) is 0 Å². The molecule has 1 heteroatoms. The van der Waals surface area contributed by atoms with Gasteiger partial charge in [0.25, 0.3) is 0 Å². The first-order valence-corrected chi connectivity index (χ1v) is 1.65. The second-order valence-electron chi connectivity index (χ2n) is 0.761. The fraction of sp³-hybridized carbons (Fsp3) is 0.200.